The van der Waals surface area contributed by atoms with Crippen molar-refractivity contribution in [2.75, 3.05) is 0 Å². The van der Waals surface area contributed by atoms with E-state index in [4.69, 9.17) is 0 Å². The fraction of sp³-hybridized carbons (Fsp3) is 1.00. The maximum Gasteiger partial charge on any atom is 0.0273 e. The van der Waals surface area contributed by atoms with Gasteiger partial charge in [0.2, 0.25) is 0 Å². The van der Waals surface area contributed by atoms with Gasteiger partial charge in [-0.3, -0.25) is 0 Å². The molecule has 0 atom stereocenters. The quantitative estimate of drug-likeness (QED) is 0.418. The van der Waals surface area contributed by atoms with Gasteiger partial charge in [-0.25, -0.2) is 0 Å². The molecule has 16 heavy (non-hydrogen) atoms. The zero-order valence-corrected chi connectivity index (χ0v) is 14.2. The molecule has 0 aromatic heterocycles. The third-order valence-electron chi connectivity index (χ3n) is 4.43. The Morgan fingerprint density at radius 2 is 1.25 bits per heavy atom. The van der Waals surface area contributed by atoms with Crippen LogP contribution in [0.3, 0.4) is 0 Å². The molecule has 0 fully saturated rings. The van der Waals surface area contributed by atoms with E-state index < -0.39 is 0 Å². The second kappa shape index (κ2) is 8.73. The molecule has 0 aliphatic rings. The van der Waals surface area contributed by atoms with Crippen molar-refractivity contribution in [1.29, 1.82) is 0 Å². The van der Waals surface area contributed by atoms with Gasteiger partial charge in [0.25, 0.3) is 0 Å². The minimum absolute atomic E-state index is 0. The third-order valence-corrected chi connectivity index (χ3v) is 7.10. The lowest BCUT2D eigenvalue weighted by Crippen LogP contribution is -2.41. The Kier molecular flexibility index (Phi) is 10.4. The zero-order valence-electron chi connectivity index (χ0n) is 12.0. The fourth-order valence-electron chi connectivity index (χ4n) is 2.98. The summed E-state index contributed by atoms with van der Waals surface area (Å²) < 4.78 is 0.517. The summed E-state index contributed by atoms with van der Waals surface area (Å²) in [6, 6.07) is 0. The van der Waals surface area contributed by atoms with E-state index in [9.17, 15) is 0 Å². The van der Waals surface area contributed by atoms with Crippen LogP contribution in [-0.4, -0.2) is 3.42 Å². The topological polar surface area (TPSA) is 35.0 Å². The van der Waals surface area contributed by atoms with Gasteiger partial charge in [-0.15, -0.1) is 0 Å². The summed E-state index contributed by atoms with van der Waals surface area (Å²) in [6.07, 6.45) is 9.46. The van der Waals surface area contributed by atoms with Gasteiger partial charge < -0.3 is 6.15 Å². The minimum atomic E-state index is 0. The summed E-state index contributed by atoms with van der Waals surface area (Å²) in [5.74, 6) is 0. The summed E-state index contributed by atoms with van der Waals surface area (Å²) >= 11 is 2.76. The van der Waals surface area contributed by atoms with Gasteiger partial charge in [0, 0.05) is 3.42 Å². The van der Waals surface area contributed by atoms with Crippen LogP contribution in [0.2, 0.25) is 0 Å². The number of hydrogen-bond acceptors (Lipinski definition) is 1. The van der Waals surface area contributed by atoms with E-state index in [2.05, 4.69) is 57.2 Å². The molecular weight excluding hydrogens is 309 g/mol. The average molecular weight is 341 g/mol. The van der Waals surface area contributed by atoms with Crippen molar-refractivity contribution in [2.24, 2.45) is 5.41 Å². The number of halogens is 1. The molecule has 0 unspecified atom stereocenters. The lowest BCUT2D eigenvalue weighted by atomic mass is 9.66. The molecular formula is C14H32IN. The molecule has 100 valence electrons. The summed E-state index contributed by atoms with van der Waals surface area (Å²) in [5, 5.41) is 0. The molecule has 1 nitrogen and oxygen atoms in total. The number of rotatable bonds is 8. The van der Waals surface area contributed by atoms with E-state index >= 15 is 0 Å². The SMILES string of the molecule is CCCCC(CC)(CC)C(I)(CC)CC.N. The first-order valence-corrected chi connectivity index (χ1v) is 7.82. The average Bonchev–Trinajstić information content (AvgIpc) is 2.30. The predicted octanol–water partition coefficient (Wildman–Crippen LogP) is 6.14. The molecule has 0 amide bonds. The van der Waals surface area contributed by atoms with Gasteiger partial charge in [0.05, 0.1) is 0 Å². The van der Waals surface area contributed by atoms with Gasteiger partial charge in [0.15, 0.2) is 0 Å². The molecule has 2 heteroatoms. The first kappa shape index (κ1) is 19.0. The van der Waals surface area contributed by atoms with Crippen LogP contribution in [-0.2, 0) is 0 Å². The van der Waals surface area contributed by atoms with Crippen molar-refractivity contribution in [3.05, 3.63) is 0 Å². The number of alkyl halides is 1. The van der Waals surface area contributed by atoms with Gasteiger partial charge in [-0.1, -0.05) is 70.1 Å². The van der Waals surface area contributed by atoms with Crippen LogP contribution < -0.4 is 6.15 Å². The lowest BCUT2D eigenvalue weighted by Gasteiger charge is -2.47. The summed E-state index contributed by atoms with van der Waals surface area (Å²) in [4.78, 5) is 0. The Morgan fingerprint density at radius 3 is 1.50 bits per heavy atom. The molecule has 3 N–H and O–H groups in total. The molecule has 0 aromatic carbocycles. The van der Waals surface area contributed by atoms with E-state index in [1.807, 2.05) is 0 Å². The van der Waals surface area contributed by atoms with Crippen LogP contribution in [0.4, 0.5) is 0 Å². The van der Waals surface area contributed by atoms with E-state index in [-0.39, 0.29) is 6.15 Å². The van der Waals surface area contributed by atoms with E-state index in [0.717, 1.165) is 0 Å². The molecule has 0 saturated carbocycles. The third kappa shape index (κ3) is 3.86. The highest BCUT2D eigenvalue weighted by atomic mass is 127. The van der Waals surface area contributed by atoms with Crippen LogP contribution >= 0.6 is 22.6 Å². The second-order valence-corrected chi connectivity index (χ2v) is 6.83. The Balaban J connectivity index is 0. The molecule has 0 aromatic rings. The monoisotopic (exact) mass is 341 g/mol. The number of unbranched alkanes of at least 4 members (excludes halogenated alkanes) is 1. The van der Waals surface area contributed by atoms with E-state index in [1.165, 1.54) is 44.9 Å². The van der Waals surface area contributed by atoms with E-state index in [0.29, 0.717) is 8.84 Å². The maximum atomic E-state index is 2.76. The van der Waals surface area contributed by atoms with Gasteiger partial charge in [-0.2, -0.15) is 0 Å². The lowest BCUT2D eigenvalue weighted by molar-refractivity contribution is 0.156. The van der Waals surface area contributed by atoms with Crippen LogP contribution in [0.5, 0.6) is 0 Å². The Hall–Kier alpha value is 0.690. The van der Waals surface area contributed by atoms with Crippen molar-refractivity contribution < 1.29 is 0 Å². The molecule has 0 spiro atoms. The summed E-state index contributed by atoms with van der Waals surface area (Å²) in [5.41, 5.74) is 0.576. The first-order valence-electron chi connectivity index (χ1n) is 6.74. The smallest absolute Gasteiger partial charge is 0.0273 e. The molecule has 0 bridgehead atoms. The van der Waals surface area contributed by atoms with Crippen LogP contribution in [0.1, 0.15) is 79.6 Å². The van der Waals surface area contributed by atoms with Crippen molar-refractivity contribution in [3.63, 3.8) is 0 Å². The number of hydrogen-bond donors (Lipinski definition) is 1. The van der Waals surface area contributed by atoms with E-state index in [1.54, 1.807) is 0 Å². The van der Waals surface area contributed by atoms with Crippen LogP contribution in [0, 0.1) is 5.41 Å². The second-order valence-electron chi connectivity index (χ2n) is 4.76. The summed E-state index contributed by atoms with van der Waals surface area (Å²) in [6.45, 7) is 11.8. The van der Waals surface area contributed by atoms with Crippen LogP contribution in [0.25, 0.3) is 0 Å². The van der Waals surface area contributed by atoms with Gasteiger partial charge in [-0.05, 0) is 37.5 Å². The van der Waals surface area contributed by atoms with Crippen LogP contribution in [0.15, 0.2) is 0 Å². The highest BCUT2D eigenvalue weighted by molar-refractivity contribution is 14.1. The standard InChI is InChI=1S/C14H29I.H3N/c1-6-11-12-13(7-2,8-3)14(15,9-4)10-5;/h6-12H2,1-5H3;1H3. The van der Waals surface area contributed by atoms with Crippen molar-refractivity contribution in [3.8, 4) is 0 Å². The molecule has 0 saturated heterocycles. The molecule has 0 radical (unpaired) electrons. The molecule has 0 aliphatic carbocycles. The Labute approximate surface area is 117 Å². The maximum absolute atomic E-state index is 2.76. The highest BCUT2D eigenvalue weighted by Gasteiger charge is 2.43. The zero-order chi connectivity index (χ0) is 11.9. The van der Waals surface area contributed by atoms with Gasteiger partial charge >= 0.3 is 0 Å². The first-order chi connectivity index (χ1) is 7.05. The van der Waals surface area contributed by atoms with Crippen molar-refractivity contribution in [1.82, 2.24) is 6.15 Å². The molecule has 0 aliphatic heterocycles. The summed E-state index contributed by atoms with van der Waals surface area (Å²) in [7, 11) is 0. The van der Waals surface area contributed by atoms with Crippen molar-refractivity contribution in [2.45, 2.75) is 83.0 Å². The normalized spacial score (nSPS) is 12.4. The largest absolute Gasteiger partial charge is 0.344 e. The predicted molar refractivity (Wildman–Crippen MR) is 84.9 cm³/mol. The Bertz CT molecular complexity index is 160. The van der Waals surface area contributed by atoms with Crippen molar-refractivity contribution >= 4 is 22.6 Å². The minimum Gasteiger partial charge on any atom is -0.344 e. The molecule has 0 rings (SSSR count). The molecule has 0 heterocycles. The van der Waals surface area contributed by atoms with Gasteiger partial charge in [0.1, 0.15) is 0 Å². The highest BCUT2D eigenvalue weighted by Crippen LogP contribution is 2.52. The fourth-order valence-corrected chi connectivity index (χ4v) is 4.01. The Morgan fingerprint density at radius 1 is 0.812 bits per heavy atom.